The molecular weight excluding hydrogens is 275 g/mol. The van der Waals surface area contributed by atoms with Crippen LogP contribution >= 0.6 is 0 Å². The molecule has 1 aromatic rings. The summed E-state index contributed by atoms with van der Waals surface area (Å²) >= 11 is 0. The van der Waals surface area contributed by atoms with Gasteiger partial charge in [0, 0.05) is 6.04 Å². The first kappa shape index (κ1) is 16.3. The van der Waals surface area contributed by atoms with Gasteiger partial charge in [-0.15, -0.1) is 13.2 Å². The van der Waals surface area contributed by atoms with E-state index in [1.165, 1.54) is 24.3 Å². The molecule has 0 aliphatic carbocycles. The molecule has 0 heterocycles. The molecule has 112 valence electrons. The van der Waals surface area contributed by atoms with E-state index in [0.717, 1.165) is 0 Å². The molecule has 2 atom stereocenters. The largest absolute Gasteiger partial charge is 0.573 e. The zero-order valence-corrected chi connectivity index (χ0v) is 11.3. The van der Waals surface area contributed by atoms with E-state index in [-0.39, 0.29) is 11.8 Å². The summed E-state index contributed by atoms with van der Waals surface area (Å²) in [4.78, 5) is 12.5. The van der Waals surface area contributed by atoms with Crippen LogP contribution in [0.5, 0.6) is 5.75 Å². The molecule has 20 heavy (non-hydrogen) atoms. The number of carbonyl (C=O) groups is 1. The van der Waals surface area contributed by atoms with Crippen LogP contribution in [-0.4, -0.2) is 35.4 Å². The van der Waals surface area contributed by atoms with Crippen molar-refractivity contribution in [2.45, 2.75) is 32.3 Å². The minimum atomic E-state index is -4.72. The van der Waals surface area contributed by atoms with E-state index >= 15 is 0 Å². The number of carboxylic acid groups (broad SMARTS) is 1. The third-order valence-electron chi connectivity index (χ3n) is 3.18. The van der Waals surface area contributed by atoms with E-state index in [1.54, 1.807) is 25.8 Å². The zero-order valence-electron chi connectivity index (χ0n) is 11.3. The summed E-state index contributed by atoms with van der Waals surface area (Å²) in [5.74, 6) is -1.27. The molecule has 2 unspecified atom stereocenters. The number of benzene rings is 1. The zero-order chi connectivity index (χ0) is 15.5. The fraction of sp³-hybridized carbons (Fsp3) is 0.462. The first-order valence-corrected chi connectivity index (χ1v) is 5.92. The maximum absolute atomic E-state index is 12.0. The molecule has 1 rings (SSSR count). The monoisotopic (exact) mass is 291 g/mol. The molecule has 0 fully saturated rings. The van der Waals surface area contributed by atoms with Gasteiger partial charge in [-0.3, -0.25) is 9.69 Å². The number of nitrogens with zero attached hydrogens (tertiary/aromatic N) is 1. The van der Waals surface area contributed by atoms with Crippen LogP contribution in [0.3, 0.4) is 0 Å². The summed E-state index contributed by atoms with van der Waals surface area (Å²) in [6.07, 6.45) is -4.72. The van der Waals surface area contributed by atoms with Crippen LogP contribution in [0.25, 0.3) is 0 Å². The minimum absolute atomic E-state index is 0.249. The van der Waals surface area contributed by atoms with Crippen LogP contribution in [0, 0.1) is 0 Å². The highest BCUT2D eigenvalue weighted by atomic mass is 19.4. The standard InChI is InChI=1S/C13H16F3NO3/c1-8(17(3)9(2)12(18)19)10-4-6-11(7-5-10)20-13(14,15)16/h4-9H,1-3H3,(H,18,19). The van der Waals surface area contributed by atoms with Crippen molar-refractivity contribution in [2.24, 2.45) is 0 Å². The van der Waals surface area contributed by atoms with E-state index in [1.807, 2.05) is 0 Å². The third kappa shape index (κ3) is 4.41. The van der Waals surface area contributed by atoms with Crippen molar-refractivity contribution in [3.05, 3.63) is 29.8 Å². The smallest absolute Gasteiger partial charge is 0.480 e. The first-order chi connectivity index (χ1) is 9.11. The van der Waals surface area contributed by atoms with Crippen LogP contribution < -0.4 is 4.74 Å². The molecule has 0 spiro atoms. The second-order valence-electron chi connectivity index (χ2n) is 4.47. The normalized spacial score (nSPS) is 14.9. The van der Waals surface area contributed by atoms with Crippen molar-refractivity contribution in [2.75, 3.05) is 7.05 Å². The van der Waals surface area contributed by atoms with Crippen LogP contribution in [0.15, 0.2) is 24.3 Å². The highest BCUT2D eigenvalue weighted by molar-refractivity contribution is 5.72. The Morgan fingerprint density at radius 3 is 2.15 bits per heavy atom. The lowest BCUT2D eigenvalue weighted by molar-refractivity contribution is -0.274. The summed E-state index contributed by atoms with van der Waals surface area (Å²) in [5.41, 5.74) is 0.704. The van der Waals surface area contributed by atoms with Crippen molar-refractivity contribution in [1.29, 1.82) is 0 Å². The lowest BCUT2D eigenvalue weighted by Gasteiger charge is -2.28. The SMILES string of the molecule is CC(C(=O)O)N(C)C(C)c1ccc(OC(F)(F)F)cc1. The third-order valence-corrected chi connectivity index (χ3v) is 3.18. The predicted molar refractivity (Wildman–Crippen MR) is 66.4 cm³/mol. The Morgan fingerprint density at radius 1 is 1.25 bits per heavy atom. The maximum Gasteiger partial charge on any atom is 0.573 e. The van der Waals surface area contributed by atoms with Crippen molar-refractivity contribution in [1.82, 2.24) is 4.90 Å². The summed E-state index contributed by atoms with van der Waals surface area (Å²) in [5, 5.41) is 8.93. The van der Waals surface area contributed by atoms with Crippen molar-refractivity contribution in [3.8, 4) is 5.75 Å². The van der Waals surface area contributed by atoms with Gasteiger partial charge in [0.25, 0.3) is 0 Å². The molecular formula is C13H16F3NO3. The van der Waals surface area contributed by atoms with Crippen molar-refractivity contribution >= 4 is 5.97 Å². The highest BCUT2D eigenvalue weighted by Gasteiger charge is 2.31. The minimum Gasteiger partial charge on any atom is -0.480 e. The molecule has 0 bridgehead atoms. The fourth-order valence-corrected chi connectivity index (χ4v) is 1.69. The molecule has 0 saturated heterocycles. The lowest BCUT2D eigenvalue weighted by Crippen LogP contribution is -2.37. The Hall–Kier alpha value is -1.76. The lowest BCUT2D eigenvalue weighted by atomic mass is 10.1. The highest BCUT2D eigenvalue weighted by Crippen LogP contribution is 2.26. The molecule has 0 saturated carbocycles. The number of ether oxygens (including phenoxy) is 1. The number of rotatable bonds is 5. The van der Waals surface area contributed by atoms with Crippen LogP contribution in [0.2, 0.25) is 0 Å². The molecule has 0 radical (unpaired) electrons. The van der Waals surface area contributed by atoms with E-state index in [4.69, 9.17) is 5.11 Å². The van der Waals surface area contributed by atoms with Gasteiger partial charge in [0.05, 0.1) is 0 Å². The van der Waals surface area contributed by atoms with Crippen LogP contribution in [0.4, 0.5) is 13.2 Å². The Bertz CT molecular complexity index is 459. The van der Waals surface area contributed by atoms with E-state index in [0.29, 0.717) is 5.56 Å². The van der Waals surface area contributed by atoms with Gasteiger partial charge < -0.3 is 9.84 Å². The number of hydrogen-bond donors (Lipinski definition) is 1. The van der Waals surface area contributed by atoms with Gasteiger partial charge in [-0.2, -0.15) is 0 Å². The Labute approximate surface area is 114 Å². The van der Waals surface area contributed by atoms with Crippen molar-refractivity contribution in [3.63, 3.8) is 0 Å². The number of likely N-dealkylation sites (N-methyl/N-ethyl adjacent to an activating group) is 1. The second-order valence-corrected chi connectivity index (χ2v) is 4.47. The van der Waals surface area contributed by atoms with Crippen LogP contribution in [0.1, 0.15) is 25.5 Å². The summed E-state index contributed by atoms with van der Waals surface area (Å²) < 4.78 is 39.9. The van der Waals surface area contributed by atoms with Gasteiger partial charge in [0.1, 0.15) is 11.8 Å². The number of hydrogen-bond acceptors (Lipinski definition) is 3. The molecule has 4 nitrogen and oxygen atoms in total. The number of alkyl halides is 3. The number of carboxylic acids is 1. The van der Waals surface area contributed by atoms with Crippen molar-refractivity contribution < 1.29 is 27.8 Å². The maximum atomic E-state index is 12.0. The summed E-state index contributed by atoms with van der Waals surface area (Å²) in [6.45, 7) is 3.32. The topological polar surface area (TPSA) is 49.8 Å². The van der Waals surface area contributed by atoms with Gasteiger partial charge >= 0.3 is 12.3 Å². The fourth-order valence-electron chi connectivity index (χ4n) is 1.69. The molecule has 7 heteroatoms. The summed E-state index contributed by atoms with van der Waals surface area (Å²) in [7, 11) is 1.64. The van der Waals surface area contributed by atoms with Gasteiger partial charge in [-0.25, -0.2) is 0 Å². The van der Waals surface area contributed by atoms with E-state index in [9.17, 15) is 18.0 Å². The molecule has 0 amide bonds. The molecule has 1 N–H and O–H groups in total. The molecule has 0 aliphatic rings. The van der Waals surface area contributed by atoms with Gasteiger partial charge in [-0.05, 0) is 38.6 Å². The average Bonchev–Trinajstić information content (AvgIpc) is 2.35. The Morgan fingerprint density at radius 2 is 1.75 bits per heavy atom. The quantitative estimate of drug-likeness (QED) is 0.906. The number of aliphatic carboxylic acids is 1. The second kappa shape index (κ2) is 6.13. The Balaban J connectivity index is 2.80. The number of halogens is 3. The van der Waals surface area contributed by atoms with E-state index in [2.05, 4.69) is 4.74 Å². The van der Waals surface area contributed by atoms with Gasteiger partial charge in [0.2, 0.25) is 0 Å². The Kier molecular flexibility index (Phi) is 4.99. The molecule has 0 aromatic heterocycles. The van der Waals surface area contributed by atoms with Crippen LogP contribution in [-0.2, 0) is 4.79 Å². The molecule has 1 aromatic carbocycles. The summed E-state index contributed by atoms with van der Waals surface area (Å²) in [6, 6.07) is 4.43. The van der Waals surface area contributed by atoms with E-state index < -0.39 is 18.4 Å². The van der Waals surface area contributed by atoms with Gasteiger partial charge in [0.15, 0.2) is 0 Å². The van der Waals surface area contributed by atoms with Gasteiger partial charge in [-0.1, -0.05) is 12.1 Å². The average molecular weight is 291 g/mol. The predicted octanol–water partition coefficient (Wildman–Crippen LogP) is 3.05. The molecule has 0 aliphatic heterocycles. The first-order valence-electron chi connectivity index (χ1n) is 5.92.